The minimum Gasteiger partial charge on any atom is -0.390 e. The normalized spacial score (nSPS) is 13.1. The summed E-state index contributed by atoms with van der Waals surface area (Å²) in [6.45, 7) is 12.2. The van der Waals surface area contributed by atoms with Crippen molar-refractivity contribution < 1.29 is 5.11 Å². The molecule has 0 aliphatic heterocycles. The third-order valence-electron chi connectivity index (χ3n) is 2.27. The molecule has 3 nitrogen and oxygen atoms in total. The minimum absolute atomic E-state index is 0.264. The summed E-state index contributed by atoms with van der Waals surface area (Å²) >= 11 is 0. The van der Waals surface area contributed by atoms with E-state index in [0.29, 0.717) is 6.54 Å². The van der Waals surface area contributed by atoms with Gasteiger partial charge in [-0.15, -0.1) is 6.58 Å². The molecular weight excluding hydrogens is 176 g/mol. The van der Waals surface area contributed by atoms with Gasteiger partial charge in [-0.25, -0.2) is 0 Å². The van der Waals surface area contributed by atoms with E-state index < -0.39 is 0 Å². The van der Waals surface area contributed by atoms with E-state index in [4.69, 9.17) is 0 Å². The Morgan fingerprint density at radius 3 is 2.57 bits per heavy atom. The minimum atomic E-state index is -0.264. The highest BCUT2D eigenvalue weighted by atomic mass is 16.3. The molecule has 0 aliphatic rings. The molecule has 1 atom stereocenters. The summed E-state index contributed by atoms with van der Waals surface area (Å²) in [4.78, 5) is 2.22. The van der Waals surface area contributed by atoms with Gasteiger partial charge in [-0.05, 0) is 26.1 Å². The van der Waals surface area contributed by atoms with Gasteiger partial charge in [0.1, 0.15) is 0 Å². The molecule has 0 saturated carbocycles. The predicted octanol–water partition coefficient (Wildman–Crippen LogP) is 0.855. The fraction of sp³-hybridized carbons (Fsp3) is 0.818. The van der Waals surface area contributed by atoms with Crippen LogP contribution in [0.2, 0.25) is 0 Å². The molecule has 2 N–H and O–H groups in total. The Morgan fingerprint density at radius 2 is 2.07 bits per heavy atom. The average Bonchev–Trinajstić information content (AvgIpc) is 2.21. The number of likely N-dealkylation sites (N-methyl/N-ethyl adjacent to an activating group) is 1. The highest BCUT2D eigenvalue weighted by Gasteiger charge is 2.07. The van der Waals surface area contributed by atoms with Crippen molar-refractivity contribution in [2.24, 2.45) is 0 Å². The van der Waals surface area contributed by atoms with Crippen molar-refractivity contribution in [3.05, 3.63) is 12.7 Å². The topological polar surface area (TPSA) is 35.5 Å². The molecular formula is C11H24N2O. The van der Waals surface area contributed by atoms with E-state index in [9.17, 15) is 5.11 Å². The van der Waals surface area contributed by atoms with Crippen LogP contribution in [0.25, 0.3) is 0 Å². The van der Waals surface area contributed by atoms with E-state index in [-0.39, 0.29) is 6.10 Å². The zero-order valence-corrected chi connectivity index (χ0v) is 9.50. The molecule has 0 aliphatic carbocycles. The summed E-state index contributed by atoms with van der Waals surface area (Å²) in [5, 5.41) is 12.8. The van der Waals surface area contributed by atoms with Gasteiger partial charge in [0.15, 0.2) is 0 Å². The smallest absolute Gasteiger partial charge is 0.0791 e. The van der Waals surface area contributed by atoms with Gasteiger partial charge in [0, 0.05) is 13.1 Å². The van der Waals surface area contributed by atoms with Crippen molar-refractivity contribution in [3.63, 3.8) is 0 Å². The number of hydrogen-bond donors (Lipinski definition) is 2. The second-order valence-corrected chi connectivity index (χ2v) is 3.42. The lowest BCUT2D eigenvalue weighted by molar-refractivity contribution is 0.117. The van der Waals surface area contributed by atoms with Gasteiger partial charge in [-0.2, -0.15) is 0 Å². The SMILES string of the molecule is C=CCCNCC(O)CN(CC)CC. The van der Waals surface area contributed by atoms with E-state index in [1.165, 1.54) is 0 Å². The highest BCUT2D eigenvalue weighted by molar-refractivity contribution is 4.70. The zero-order valence-electron chi connectivity index (χ0n) is 9.50. The Balaban J connectivity index is 3.43. The number of nitrogens with zero attached hydrogens (tertiary/aromatic N) is 1. The molecule has 3 heteroatoms. The van der Waals surface area contributed by atoms with Crippen LogP contribution in [0, 0.1) is 0 Å². The van der Waals surface area contributed by atoms with Crippen LogP contribution in [-0.2, 0) is 0 Å². The predicted molar refractivity (Wildman–Crippen MR) is 61.5 cm³/mol. The van der Waals surface area contributed by atoms with Crippen LogP contribution in [0.15, 0.2) is 12.7 Å². The lowest BCUT2D eigenvalue weighted by atomic mass is 10.3. The highest BCUT2D eigenvalue weighted by Crippen LogP contribution is 1.91. The maximum atomic E-state index is 9.65. The molecule has 0 aromatic rings. The Labute approximate surface area is 87.8 Å². The first-order valence-corrected chi connectivity index (χ1v) is 5.46. The molecule has 0 amide bonds. The second-order valence-electron chi connectivity index (χ2n) is 3.42. The molecule has 1 unspecified atom stereocenters. The molecule has 84 valence electrons. The average molecular weight is 200 g/mol. The van der Waals surface area contributed by atoms with Crippen molar-refractivity contribution in [2.45, 2.75) is 26.4 Å². The molecule has 0 spiro atoms. The van der Waals surface area contributed by atoms with E-state index in [1.54, 1.807) is 0 Å². The lowest BCUT2D eigenvalue weighted by Crippen LogP contribution is -2.38. The summed E-state index contributed by atoms with van der Waals surface area (Å²) in [5.74, 6) is 0. The Kier molecular flexibility index (Phi) is 8.94. The monoisotopic (exact) mass is 200 g/mol. The molecule has 0 saturated heterocycles. The van der Waals surface area contributed by atoms with Crippen LogP contribution in [0.3, 0.4) is 0 Å². The van der Waals surface area contributed by atoms with Crippen molar-refractivity contribution in [2.75, 3.05) is 32.7 Å². The molecule has 14 heavy (non-hydrogen) atoms. The summed E-state index contributed by atoms with van der Waals surface area (Å²) in [6, 6.07) is 0. The summed E-state index contributed by atoms with van der Waals surface area (Å²) in [7, 11) is 0. The van der Waals surface area contributed by atoms with E-state index in [1.807, 2.05) is 6.08 Å². The van der Waals surface area contributed by atoms with Crippen LogP contribution >= 0.6 is 0 Å². The maximum absolute atomic E-state index is 9.65. The standard InChI is InChI=1S/C11H24N2O/c1-4-7-8-12-9-11(14)10-13(5-2)6-3/h4,11-12,14H,1,5-10H2,2-3H3. The Morgan fingerprint density at radius 1 is 1.43 bits per heavy atom. The first-order valence-electron chi connectivity index (χ1n) is 5.46. The van der Waals surface area contributed by atoms with Gasteiger partial charge in [0.2, 0.25) is 0 Å². The summed E-state index contributed by atoms with van der Waals surface area (Å²) in [6.07, 6.45) is 2.57. The number of aliphatic hydroxyl groups excluding tert-OH is 1. The third kappa shape index (κ3) is 7.06. The first-order chi connectivity index (χ1) is 6.74. The van der Waals surface area contributed by atoms with Crippen LogP contribution in [0.4, 0.5) is 0 Å². The number of nitrogens with one attached hydrogen (secondary N) is 1. The molecule has 0 aromatic heterocycles. The van der Waals surface area contributed by atoms with Crippen LogP contribution in [0.1, 0.15) is 20.3 Å². The summed E-state index contributed by atoms with van der Waals surface area (Å²) < 4.78 is 0. The molecule has 0 radical (unpaired) electrons. The van der Waals surface area contributed by atoms with Crippen LogP contribution in [-0.4, -0.2) is 48.8 Å². The fourth-order valence-electron chi connectivity index (χ4n) is 1.32. The van der Waals surface area contributed by atoms with E-state index in [0.717, 1.165) is 32.6 Å². The largest absolute Gasteiger partial charge is 0.390 e. The zero-order chi connectivity index (χ0) is 10.8. The summed E-state index contributed by atoms with van der Waals surface area (Å²) in [5.41, 5.74) is 0. The number of aliphatic hydroxyl groups is 1. The third-order valence-corrected chi connectivity index (χ3v) is 2.27. The van der Waals surface area contributed by atoms with Crippen LogP contribution < -0.4 is 5.32 Å². The van der Waals surface area contributed by atoms with Gasteiger partial charge in [-0.3, -0.25) is 0 Å². The lowest BCUT2D eigenvalue weighted by Gasteiger charge is -2.21. The first kappa shape index (κ1) is 13.6. The van der Waals surface area contributed by atoms with Gasteiger partial charge in [0.05, 0.1) is 6.10 Å². The van der Waals surface area contributed by atoms with Gasteiger partial charge < -0.3 is 15.3 Å². The molecule has 0 bridgehead atoms. The molecule has 0 heterocycles. The quantitative estimate of drug-likeness (QED) is 0.428. The molecule has 0 rings (SSSR count). The number of hydrogen-bond acceptors (Lipinski definition) is 3. The maximum Gasteiger partial charge on any atom is 0.0791 e. The fourth-order valence-corrected chi connectivity index (χ4v) is 1.32. The molecule has 0 aromatic carbocycles. The van der Waals surface area contributed by atoms with Gasteiger partial charge in [-0.1, -0.05) is 19.9 Å². The molecule has 0 fully saturated rings. The van der Waals surface area contributed by atoms with Crippen LogP contribution in [0.5, 0.6) is 0 Å². The van der Waals surface area contributed by atoms with E-state index >= 15 is 0 Å². The Hall–Kier alpha value is -0.380. The van der Waals surface area contributed by atoms with Crippen molar-refractivity contribution in [3.8, 4) is 0 Å². The van der Waals surface area contributed by atoms with Crippen molar-refractivity contribution >= 4 is 0 Å². The second kappa shape index (κ2) is 9.19. The van der Waals surface area contributed by atoms with Crippen molar-refractivity contribution in [1.82, 2.24) is 10.2 Å². The van der Waals surface area contributed by atoms with Gasteiger partial charge >= 0.3 is 0 Å². The van der Waals surface area contributed by atoms with Crippen molar-refractivity contribution in [1.29, 1.82) is 0 Å². The van der Waals surface area contributed by atoms with Gasteiger partial charge in [0.25, 0.3) is 0 Å². The van der Waals surface area contributed by atoms with E-state index in [2.05, 4.69) is 30.6 Å². The number of rotatable bonds is 9. The Bertz CT molecular complexity index is 135.